The molecule has 0 saturated heterocycles. The van der Waals surface area contributed by atoms with Gasteiger partial charge in [0.1, 0.15) is 5.82 Å². The summed E-state index contributed by atoms with van der Waals surface area (Å²) < 4.78 is 14.1. The standard InChI is InChI=1S/C17H19BrFN/c1-3-4-13-5-7-14(8-6-13)12(2)20-17-11-15(19)9-10-16(17)18/h5-12,20H,3-4H2,1-2H3. The van der Waals surface area contributed by atoms with E-state index in [0.717, 1.165) is 23.0 Å². The fourth-order valence-electron chi connectivity index (χ4n) is 2.19. The molecule has 0 radical (unpaired) electrons. The molecule has 1 N–H and O–H groups in total. The van der Waals surface area contributed by atoms with Crippen LogP contribution in [0.25, 0.3) is 0 Å². The monoisotopic (exact) mass is 335 g/mol. The molecule has 0 heterocycles. The number of nitrogens with one attached hydrogen (secondary N) is 1. The van der Waals surface area contributed by atoms with Crippen molar-refractivity contribution in [2.75, 3.05) is 5.32 Å². The lowest BCUT2D eigenvalue weighted by molar-refractivity contribution is 0.627. The molecule has 0 spiro atoms. The molecule has 0 saturated carbocycles. The van der Waals surface area contributed by atoms with Crippen molar-refractivity contribution in [3.63, 3.8) is 0 Å². The molecule has 0 aliphatic rings. The largest absolute Gasteiger partial charge is 0.378 e. The maximum Gasteiger partial charge on any atom is 0.125 e. The normalized spacial score (nSPS) is 12.2. The van der Waals surface area contributed by atoms with E-state index < -0.39 is 0 Å². The van der Waals surface area contributed by atoms with Gasteiger partial charge >= 0.3 is 0 Å². The first-order chi connectivity index (χ1) is 9.60. The van der Waals surface area contributed by atoms with Crippen molar-refractivity contribution in [3.8, 4) is 0 Å². The minimum absolute atomic E-state index is 0.128. The van der Waals surface area contributed by atoms with Gasteiger partial charge in [-0.05, 0) is 58.6 Å². The van der Waals surface area contributed by atoms with Gasteiger partial charge < -0.3 is 5.32 Å². The van der Waals surface area contributed by atoms with Crippen LogP contribution in [0.3, 0.4) is 0 Å². The van der Waals surface area contributed by atoms with E-state index in [1.807, 2.05) is 0 Å². The highest BCUT2D eigenvalue weighted by atomic mass is 79.9. The van der Waals surface area contributed by atoms with Crippen LogP contribution in [0.2, 0.25) is 0 Å². The average molecular weight is 336 g/mol. The number of rotatable bonds is 5. The third kappa shape index (κ3) is 3.83. The zero-order valence-corrected chi connectivity index (χ0v) is 13.4. The second-order valence-corrected chi connectivity index (χ2v) is 5.84. The van der Waals surface area contributed by atoms with E-state index >= 15 is 0 Å². The van der Waals surface area contributed by atoms with Crippen LogP contribution in [-0.4, -0.2) is 0 Å². The second-order valence-electron chi connectivity index (χ2n) is 4.98. The van der Waals surface area contributed by atoms with Crippen LogP contribution in [0, 0.1) is 5.82 Å². The molecule has 2 rings (SSSR count). The van der Waals surface area contributed by atoms with E-state index in [9.17, 15) is 4.39 Å². The topological polar surface area (TPSA) is 12.0 Å². The maximum atomic E-state index is 13.3. The summed E-state index contributed by atoms with van der Waals surface area (Å²) in [6.07, 6.45) is 2.26. The van der Waals surface area contributed by atoms with E-state index in [1.54, 1.807) is 6.07 Å². The maximum absolute atomic E-state index is 13.3. The number of halogens is 2. The van der Waals surface area contributed by atoms with Gasteiger partial charge in [0.15, 0.2) is 0 Å². The summed E-state index contributed by atoms with van der Waals surface area (Å²) in [5, 5.41) is 3.33. The van der Waals surface area contributed by atoms with Crippen molar-refractivity contribution in [3.05, 3.63) is 63.9 Å². The molecule has 0 bridgehead atoms. The van der Waals surface area contributed by atoms with Crippen LogP contribution in [0.4, 0.5) is 10.1 Å². The van der Waals surface area contributed by atoms with Crippen molar-refractivity contribution >= 4 is 21.6 Å². The number of benzene rings is 2. The number of hydrogen-bond donors (Lipinski definition) is 1. The summed E-state index contributed by atoms with van der Waals surface area (Å²) in [5.74, 6) is -0.235. The van der Waals surface area contributed by atoms with E-state index in [4.69, 9.17) is 0 Å². The minimum Gasteiger partial charge on any atom is -0.378 e. The molecule has 1 nitrogen and oxygen atoms in total. The highest BCUT2D eigenvalue weighted by molar-refractivity contribution is 9.10. The summed E-state index contributed by atoms with van der Waals surface area (Å²) in [4.78, 5) is 0. The summed E-state index contributed by atoms with van der Waals surface area (Å²) in [5.41, 5.74) is 3.33. The predicted octanol–water partition coefficient (Wildman–Crippen LogP) is 5.71. The highest BCUT2D eigenvalue weighted by Gasteiger charge is 2.08. The van der Waals surface area contributed by atoms with Gasteiger partial charge in [-0.1, -0.05) is 37.6 Å². The lowest BCUT2D eigenvalue weighted by Crippen LogP contribution is -2.07. The quantitative estimate of drug-likeness (QED) is 0.737. The average Bonchev–Trinajstić information content (AvgIpc) is 2.44. The summed E-state index contributed by atoms with van der Waals surface area (Å²) in [6.45, 7) is 4.26. The van der Waals surface area contributed by atoms with Crippen molar-refractivity contribution in [2.45, 2.75) is 32.7 Å². The van der Waals surface area contributed by atoms with Crippen LogP contribution in [0.15, 0.2) is 46.9 Å². The van der Waals surface area contributed by atoms with Gasteiger partial charge in [0.25, 0.3) is 0 Å². The molecule has 0 amide bonds. The highest BCUT2D eigenvalue weighted by Crippen LogP contribution is 2.27. The summed E-state index contributed by atoms with van der Waals surface area (Å²) in [6, 6.07) is 13.4. The summed E-state index contributed by atoms with van der Waals surface area (Å²) >= 11 is 3.43. The first-order valence-corrected chi connectivity index (χ1v) is 7.70. The molecule has 106 valence electrons. The number of anilines is 1. The van der Waals surface area contributed by atoms with Crippen LogP contribution >= 0.6 is 15.9 Å². The number of hydrogen-bond acceptors (Lipinski definition) is 1. The van der Waals surface area contributed by atoms with Crippen LogP contribution < -0.4 is 5.32 Å². The Kier molecular flexibility index (Phi) is 5.18. The van der Waals surface area contributed by atoms with Gasteiger partial charge in [0, 0.05) is 10.5 Å². The molecule has 2 aromatic rings. The molecule has 2 aromatic carbocycles. The summed E-state index contributed by atoms with van der Waals surface area (Å²) in [7, 11) is 0. The Morgan fingerprint density at radius 1 is 1.15 bits per heavy atom. The lowest BCUT2D eigenvalue weighted by Gasteiger charge is -2.17. The fraction of sp³-hybridized carbons (Fsp3) is 0.294. The van der Waals surface area contributed by atoms with E-state index in [-0.39, 0.29) is 11.9 Å². The first kappa shape index (κ1) is 15.0. The third-order valence-corrected chi connectivity index (χ3v) is 4.01. The SMILES string of the molecule is CCCc1ccc(C(C)Nc2cc(F)ccc2Br)cc1. The van der Waals surface area contributed by atoms with E-state index in [2.05, 4.69) is 59.4 Å². The Morgan fingerprint density at radius 2 is 1.85 bits per heavy atom. The molecule has 20 heavy (non-hydrogen) atoms. The molecule has 0 aromatic heterocycles. The molecule has 3 heteroatoms. The fourth-order valence-corrected chi connectivity index (χ4v) is 2.55. The molecular formula is C17H19BrFN. The zero-order chi connectivity index (χ0) is 14.5. The Morgan fingerprint density at radius 3 is 2.50 bits per heavy atom. The smallest absolute Gasteiger partial charge is 0.125 e. The van der Waals surface area contributed by atoms with Crippen molar-refractivity contribution < 1.29 is 4.39 Å². The predicted molar refractivity (Wildman–Crippen MR) is 86.6 cm³/mol. The van der Waals surface area contributed by atoms with Gasteiger partial charge in [-0.15, -0.1) is 0 Å². The Bertz CT molecular complexity index is 566. The van der Waals surface area contributed by atoms with Gasteiger partial charge in [0.2, 0.25) is 0 Å². The Labute approximate surface area is 128 Å². The van der Waals surface area contributed by atoms with Crippen molar-refractivity contribution in [1.29, 1.82) is 0 Å². The lowest BCUT2D eigenvalue weighted by atomic mass is 10.0. The molecule has 1 unspecified atom stereocenters. The van der Waals surface area contributed by atoms with E-state index in [1.165, 1.54) is 23.3 Å². The van der Waals surface area contributed by atoms with Crippen LogP contribution in [-0.2, 0) is 6.42 Å². The van der Waals surface area contributed by atoms with Crippen LogP contribution in [0.5, 0.6) is 0 Å². The molecule has 0 aliphatic carbocycles. The molecule has 1 atom stereocenters. The molecular weight excluding hydrogens is 317 g/mol. The number of aryl methyl sites for hydroxylation is 1. The van der Waals surface area contributed by atoms with Gasteiger partial charge in [-0.3, -0.25) is 0 Å². The van der Waals surface area contributed by atoms with Crippen molar-refractivity contribution in [2.24, 2.45) is 0 Å². The molecule has 0 aliphatic heterocycles. The van der Waals surface area contributed by atoms with Gasteiger partial charge in [-0.25, -0.2) is 4.39 Å². The Balaban J connectivity index is 2.11. The van der Waals surface area contributed by atoms with Gasteiger partial charge in [-0.2, -0.15) is 0 Å². The Hall–Kier alpha value is -1.35. The first-order valence-electron chi connectivity index (χ1n) is 6.90. The zero-order valence-electron chi connectivity index (χ0n) is 11.8. The van der Waals surface area contributed by atoms with E-state index in [0.29, 0.717) is 0 Å². The van der Waals surface area contributed by atoms with Crippen molar-refractivity contribution in [1.82, 2.24) is 0 Å². The van der Waals surface area contributed by atoms with Crippen LogP contribution in [0.1, 0.15) is 37.4 Å². The second kappa shape index (κ2) is 6.89. The molecule has 0 fully saturated rings. The third-order valence-electron chi connectivity index (χ3n) is 3.32. The minimum atomic E-state index is -0.235. The van der Waals surface area contributed by atoms with Gasteiger partial charge in [0.05, 0.1) is 5.69 Å².